The number of Topliss-reactive ketones (excluding diaryl/α,β-unsaturated/α-hetero) is 1. The highest BCUT2D eigenvalue weighted by molar-refractivity contribution is 6.46. The number of carbonyl (C=O) groups excluding carboxylic acids is 2. The Hall–Kier alpha value is -4.10. The number of nitrogens with zero attached hydrogens (tertiary/aromatic N) is 1. The Morgan fingerprint density at radius 3 is 2.33 bits per heavy atom. The van der Waals surface area contributed by atoms with Gasteiger partial charge in [-0.1, -0.05) is 55.8 Å². The van der Waals surface area contributed by atoms with Gasteiger partial charge in [-0.2, -0.15) is 0 Å². The van der Waals surface area contributed by atoms with E-state index < -0.39 is 17.7 Å². The quantitative estimate of drug-likeness (QED) is 0.138. The van der Waals surface area contributed by atoms with Crippen LogP contribution in [0.4, 0.5) is 0 Å². The van der Waals surface area contributed by atoms with Gasteiger partial charge in [0.15, 0.2) is 0 Å². The van der Waals surface area contributed by atoms with Crippen LogP contribution in [0.1, 0.15) is 55.3 Å². The van der Waals surface area contributed by atoms with Crippen LogP contribution in [-0.4, -0.2) is 47.6 Å². The lowest BCUT2D eigenvalue weighted by Gasteiger charge is -2.27. The first-order chi connectivity index (χ1) is 19.5. The van der Waals surface area contributed by atoms with Crippen LogP contribution < -0.4 is 9.47 Å². The number of carbonyl (C=O) groups is 2. The van der Waals surface area contributed by atoms with Crippen LogP contribution in [0.25, 0.3) is 5.76 Å². The molecule has 1 amide bonds. The van der Waals surface area contributed by atoms with Crippen LogP contribution in [0.3, 0.4) is 0 Å². The monoisotopic (exact) mass is 541 g/mol. The molecule has 2 saturated heterocycles. The maximum absolute atomic E-state index is 13.4. The summed E-state index contributed by atoms with van der Waals surface area (Å²) in [4.78, 5) is 28.2. The van der Waals surface area contributed by atoms with E-state index in [1.54, 1.807) is 24.3 Å². The van der Waals surface area contributed by atoms with E-state index in [0.717, 1.165) is 31.2 Å². The molecule has 208 valence electrons. The highest BCUT2D eigenvalue weighted by Gasteiger charge is 2.47. The number of benzene rings is 3. The van der Waals surface area contributed by atoms with E-state index in [1.807, 2.05) is 54.6 Å². The number of likely N-dealkylation sites (tertiary alicyclic amines) is 1. The molecule has 5 rings (SSSR count). The van der Waals surface area contributed by atoms with Gasteiger partial charge < -0.3 is 24.2 Å². The molecule has 2 heterocycles. The fraction of sp³-hybridized carbons (Fsp3) is 0.333. The summed E-state index contributed by atoms with van der Waals surface area (Å²) in [7, 11) is 0. The number of hydrogen-bond acceptors (Lipinski definition) is 6. The van der Waals surface area contributed by atoms with E-state index >= 15 is 0 Å². The highest BCUT2D eigenvalue weighted by atomic mass is 16.5. The number of hydrogen-bond donors (Lipinski definition) is 1. The highest BCUT2D eigenvalue weighted by Crippen LogP contribution is 2.40. The Morgan fingerprint density at radius 1 is 0.950 bits per heavy atom. The SMILES string of the molecule is CCCCOc1ccc(C(O)=C2C(=O)C(=O)N(C[C@H]3CCCO3)[C@@H]2c2ccc(OCc3ccccc3)cc2)cc1. The van der Waals surface area contributed by atoms with Crippen molar-refractivity contribution in [3.63, 3.8) is 0 Å². The van der Waals surface area contributed by atoms with Gasteiger partial charge in [-0.05, 0) is 66.8 Å². The summed E-state index contributed by atoms with van der Waals surface area (Å²) >= 11 is 0. The third-order valence-electron chi connectivity index (χ3n) is 7.30. The predicted octanol–water partition coefficient (Wildman–Crippen LogP) is 6.05. The van der Waals surface area contributed by atoms with Crippen molar-refractivity contribution in [1.29, 1.82) is 0 Å². The fourth-order valence-electron chi connectivity index (χ4n) is 5.11. The maximum Gasteiger partial charge on any atom is 0.295 e. The Labute approximate surface area is 235 Å². The van der Waals surface area contributed by atoms with Crippen LogP contribution in [-0.2, 0) is 20.9 Å². The van der Waals surface area contributed by atoms with Crippen molar-refractivity contribution in [2.75, 3.05) is 19.8 Å². The van der Waals surface area contributed by atoms with Crippen LogP contribution >= 0.6 is 0 Å². The molecule has 40 heavy (non-hydrogen) atoms. The van der Waals surface area contributed by atoms with Crippen molar-refractivity contribution < 1.29 is 28.9 Å². The lowest BCUT2D eigenvalue weighted by molar-refractivity contribution is -0.140. The van der Waals surface area contributed by atoms with Gasteiger partial charge in [0, 0.05) is 18.7 Å². The summed E-state index contributed by atoms with van der Waals surface area (Å²) in [5.41, 5.74) is 2.29. The Morgan fingerprint density at radius 2 is 1.65 bits per heavy atom. The van der Waals surface area contributed by atoms with Gasteiger partial charge in [0.25, 0.3) is 11.7 Å². The first-order valence-electron chi connectivity index (χ1n) is 13.9. The Balaban J connectivity index is 1.43. The zero-order valence-corrected chi connectivity index (χ0v) is 22.8. The van der Waals surface area contributed by atoms with Crippen molar-refractivity contribution in [1.82, 2.24) is 4.90 Å². The summed E-state index contributed by atoms with van der Waals surface area (Å²) < 4.78 is 17.5. The van der Waals surface area contributed by atoms with Crippen molar-refractivity contribution in [2.24, 2.45) is 0 Å². The van der Waals surface area contributed by atoms with Gasteiger partial charge in [0.1, 0.15) is 23.9 Å². The zero-order chi connectivity index (χ0) is 27.9. The number of aliphatic hydroxyl groups is 1. The van der Waals surface area contributed by atoms with Gasteiger partial charge in [-0.25, -0.2) is 0 Å². The minimum absolute atomic E-state index is 0.0700. The van der Waals surface area contributed by atoms with E-state index in [0.29, 0.717) is 42.4 Å². The van der Waals surface area contributed by atoms with Gasteiger partial charge >= 0.3 is 0 Å². The average molecular weight is 542 g/mol. The number of ether oxygens (including phenoxy) is 3. The molecule has 2 fully saturated rings. The summed E-state index contributed by atoms with van der Waals surface area (Å²) in [6, 6.07) is 23.4. The zero-order valence-electron chi connectivity index (χ0n) is 22.8. The van der Waals surface area contributed by atoms with Gasteiger partial charge in [0.2, 0.25) is 0 Å². The lowest BCUT2D eigenvalue weighted by Crippen LogP contribution is -2.36. The molecule has 3 aromatic carbocycles. The first kappa shape index (κ1) is 27.5. The number of unbranched alkanes of at least 4 members (excludes halogenated alkanes) is 1. The standard InChI is InChI=1S/C33H35NO6/c1-2-3-19-38-26-17-13-25(14-18-26)31(35)29-30(34(33(37)32(29)36)21-28-10-7-20-39-28)24-11-15-27(16-12-24)40-22-23-8-5-4-6-9-23/h4-6,8-9,11-18,28,30,35H,2-3,7,10,19-22H2,1H3/t28-,30-/m1/s1. The van der Waals surface area contributed by atoms with Crippen LogP contribution in [0.15, 0.2) is 84.4 Å². The number of amides is 1. The van der Waals surface area contributed by atoms with Crippen molar-refractivity contribution in [3.05, 3.63) is 101 Å². The van der Waals surface area contributed by atoms with E-state index in [9.17, 15) is 14.7 Å². The molecule has 0 radical (unpaired) electrons. The first-order valence-corrected chi connectivity index (χ1v) is 13.9. The summed E-state index contributed by atoms with van der Waals surface area (Å²) in [6.45, 7) is 4.05. The van der Waals surface area contributed by atoms with Gasteiger partial charge in [0.05, 0.1) is 24.3 Å². The minimum atomic E-state index is -0.743. The van der Waals surface area contributed by atoms with E-state index in [-0.39, 0.29) is 24.0 Å². The molecular formula is C33H35NO6. The molecule has 7 heteroatoms. The molecule has 0 aromatic heterocycles. The lowest BCUT2D eigenvalue weighted by atomic mass is 9.95. The molecule has 2 aliphatic heterocycles. The molecule has 1 N–H and O–H groups in total. The van der Waals surface area contributed by atoms with Crippen molar-refractivity contribution in [2.45, 2.75) is 51.4 Å². The van der Waals surface area contributed by atoms with Crippen molar-refractivity contribution >= 4 is 17.4 Å². The minimum Gasteiger partial charge on any atom is -0.507 e. The van der Waals surface area contributed by atoms with Gasteiger partial charge in [-0.15, -0.1) is 0 Å². The molecule has 2 atom stereocenters. The fourth-order valence-corrected chi connectivity index (χ4v) is 5.11. The van der Waals surface area contributed by atoms with Crippen molar-refractivity contribution in [3.8, 4) is 11.5 Å². The van der Waals surface area contributed by atoms with E-state index in [2.05, 4.69) is 6.92 Å². The predicted molar refractivity (Wildman–Crippen MR) is 152 cm³/mol. The van der Waals surface area contributed by atoms with Crippen LogP contribution in [0.2, 0.25) is 0 Å². The topological polar surface area (TPSA) is 85.3 Å². The Kier molecular flexibility index (Phi) is 8.81. The van der Waals surface area contributed by atoms with Crippen LogP contribution in [0, 0.1) is 0 Å². The Bertz CT molecular complexity index is 1330. The molecular weight excluding hydrogens is 506 g/mol. The van der Waals surface area contributed by atoms with E-state index in [1.165, 1.54) is 4.90 Å². The van der Waals surface area contributed by atoms with Crippen LogP contribution in [0.5, 0.6) is 11.5 Å². The molecule has 0 bridgehead atoms. The summed E-state index contributed by atoms with van der Waals surface area (Å²) in [6.07, 6.45) is 3.58. The largest absolute Gasteiger partial charge is 0.507 e. The molecule has 0 saturated carbocycles. The molecule has 3 aromatic rings. The second-order valence-electron chi connectivity index (χ2n) is 10.2. The second kappa shape index (κ2) is 12.8. The second-order valence-corrected chi connectivity index (χ2v) is 10.2. The molecule has 0 spiro atoms. The number of rotatable bonds is 11. The molecule has 0 unspecified atom stereocenters. The normalized spacial score (nSPS) is 20.2. The number of ketones is 1. The average Bonchev–Trinajstić information content (AvgIpc) is 3.59. The summed E-state index contributed by atoms with van der Waals surface area (Å²) in [5, 5.41) is 11.4. The van der Waals surface area contributed by atoms with Gasteiger partial charge in [-0.3, -0.25) is 9.59 Å². The third kappa shape index (κ3) is 6.20. The molecule has 7 nitrogen and oxygen atoms in total. The molecule has 2 aliphatic rings. The molecule has 0 aliphatic carbocycles. The smallest absolute Gasteiger partial charge is 0.295 e. The van der Waals surface area contributed by atoms with E-state index in [4.69, 9.17) is 14.2 Å². The summed E-state index contributed by atoms with van der Waals surface area (Å²) in [5.74, 6) is -0.185. The maximum atomic E-state index is 13.4. The third-order valence-corrected chi connectivity index (χ3v) is 7.30. The number of aliphatic hydroxyl groups excluding tert-OH is 1.